The van der Waals surface area contributed by atoms with Gasteiger partial charge in [0.15, 0.2) is 0 Å². The predicted octanol–water partition coefficient (Wildman–Crippen LogP) is 4.93. The van der Waals surface area contributed by atoms with Gasteiger partial charge >= 0.3 is 0 Å². The number of carbonyl (C=O) groups excluding carboxylic acids is 1. The molecular formula is C22H22ClN3O2S. The lowest BCUT2D eigenvalue weighted by molar-refractivity contribution is -0.115. The average Bonchev–Trinajstić information content (AvgIpc) is 2.67. The van der Waals surface area contributed by atoms with Gasteiger partial charge in [0.05, 0.1) is 10.9 Å². The van der Waals surface area contributed by atoms with Crippen LogP contribution in [0.3, 0.4) is 0 Å². The minimum atomic E-state index is -0.400. The molecule has 0 unspecified atom stereocenters. The number of benzene rings is 2. The molecule has 5 nitrogen and oxygen atoms in total. The molecule has 7 heteroatoms. The first-order valence-corrected chi connectivity index (χ1v) is 10.4. The number of anilines is 1. The maximum Gasteiger partial charge on any atom is 0.271 e. The second-order valence-electron chi connectivity index (χ2n) is 6.90. The van der Waals surface area contributed by atoms with Crippen molar-refractivity contribution in [3.05, 3.63) is 80.6 Å². The summed E-state index contributed by atoms with van der Waals surface area (Å²) < 4.78 is 1.36. The van der Waals surface area contributed by atoms with Gasteiger partial charge in [-0.15, -0.1) is 0 Å². The Labute approximate surface area is 179 Å². The molecule has 1 amide bonds. The van der Waals surface area contributed by atoms with Gasteiger partial charge in [-0.2, -0.15) is 9.78 Å². The van der Waals surface area contributed by atoms with Crippen molar-refractivity contribution in [2.24, 2.45) is 0 Å². The summed E-state index contributed by atoms with van der Waals surface area (Å²) in [5, 5.41) is 8.18. The molecule has 0 aliphatic carbocycles. The number of halogens is 1. The SMILES string of the molecule is Cc1ccc(-n2nc(S[C@@H](C)C(=O)Nc3ccc(Cl)cc3C)ccc2=O)cc1C. The monoisotopic (exact) mass is 427 g/mol. The van der Waals surface area contributed by atoms with Gasteiger partial charge in [-0.05, 0) is 80.8 Å². The van der Waals surface area contributed by atoms with Gasteiger partial charge in [0.1, 0.15) is 5.03 Å². The Morgan fingerprint density at radius 3 is 2.48 bits per heavy atom. The second-order valence-corrected chi connectivity index (χ2v) is 8.70. The van der Waals surface area contributed by atoms with E-state index in [-0.39, 0.29) is 11.5 Å². The van der Waals surface area contributed by atoms with E-state index >= 15 is 0 Å². The van der Waals surface area contributed by atoms with Gasteiger partial charge < -0.3 is 5.32 Å². The Balaban J connectivity index is 1.78. The fourth-order valence-corrected chi connectivity index (χ4v) is 3.77. The first-order valence-electron chi connectivity index (χ1n) is 9.16. The van der Waals surface area contributed by atoms with Gasteiger partial charge in [-0.25, -0.2) is 0 Å². The van der Waals surface area contributed by atoms with Crippen LogP contribution in [0.1, 0.15) is 23.6 Å². The maximum atomic E-state index is 12.6. The summed E-state index contributed by atoms with van der Waals surface area (Å²) in [6.45, 7) is 7.70. The van der Waals surface area contributed by atoms with E-state index in [4.69, 9.17) is 11.6 Å². The predicted molar refractivity (Wildman–Crippen MR) is 119 cm³/mol. The van der Waals surface area contributed by atoms with E-state index in [1.165, 1.54) is 22.5 Å². The molecule has 0 aliphatic heterocycles. The standard InChI is InChI=1S/C22H22ClN3O2S/c1-13-5-7-18(12-14(13)2)26-21(27)10-9-20(25-26)29-16(4)22(28)24-19-8-6-17(23)11-15(19)3/h5-12,16H,1-4H3,(H,24,28)/t16-/m0/s1. The highest BCUT2D eigenvalue weighted by molar-refractivity contribution is 8.00. The summed E-state index contributed by atoms with van der Waals surface area (Å²) in [7, 11) is 0. The number of nitrogens with zero attached hydrogens (tertiary/aromatic N) is 2. The Kier molecular flexibility index (Phi) is 6.45. The maximum absolute atomic E-state index is 12.6. The molecule has 0 radical (unpaired) electrons. The van der Waals surface area contributed by atoms with Gasteiger partial charge in [0.25, 0.3) is 5.56 Å². The Morgan fingerprint density at radius 1 is 1.03 bits per heavy atom. The Morgan fingerprint density at radius 2 is 1.79 bits per heavy atom. The largest absolute Gasteiger partial charge is 0.325 e. The number of carbonyl (C=O) groups is 1. The van der Waals surface area contributed by atoms with Crippen LogP contribution in [0, 0.1) is 20.8 Å². The number of amides is 1. The molecule has 0 bridgehead atoms. The van der Waals surface area contributed by atoms with Crippen LogP contribution in [0.2, 0.25) is 5.02 Å². The quantitative estimate of drug-likeness (QED) is 0.586. The summed E-state index contributed by atoms with van der Waals surface area (Å²) >= 11 is 7.26. The van der Waals surface area contributed by atoms with Crippen molar-refractivity contribution in [1.82, 2.24) is 9.78 Å². The summed E-state index contributed by atoms with van der Waals surface area (Å²) in [6, 6.07) is 14.2. The van der Waals surface area contributed by atoms with Crippen LogP contribution in [0.5, 0.6) is 0 Å². The average molecular weight is 428 g/mol. The number of nitrogens with one attached hydrogen (secondary N) is 1. The van der Waals surface area contributed by atoms with Crippen LogP contribution in [0.15, 0.2) is 58.4 Å². The number of thioether (sulfide) groups is 1. The minimum Gasteiger partial charge on any atom is -0.325 e. The summed E-state index contributed by atoms with van der Waals surface area (Å²) in [4.78, 5) is 24.9. The van der Waals surface area contributed by atoms with Crippen LogP contribution < -0.4 is 10.9 Å². The molecule has 1 atom stereocenters. The highest BCUT2D eigenvalue weighted by Crippen LogP contribution is 2.24. The Hall–Kier alpha value is -2.57. The van der Waals surface area contributed by atoms with Crippen molar-refractivity contribution >= 4 is 35.0 Å². The Bertz CT molecular complexity index is 1130. The van der Waals surface area contributed by atoms with Crippen molar-refractivity contribution in [3.8, 4) is 5.69 Å². The molecule has 29 heavy (non-hydrogen) atoms. The van der Waals surface area contributed by atoms with Crippen LogP contribution in [-0.2, 0) is 4.79 Å². The second kappa shape index (κ2) is 8.84. The lowest BCUT2D eigenvalue weighted by atomic mass is 10.1. The van der Waals surface area contributed by atoms with E-state index in [1.54, 1.807) is 31.2 Å². The molecule has 0 spiro atoms. The third kappa shape index (κ3) is 5.08. The van der Waals surface area contributed by atoms with E-state index in [0.29, 0.717) is 15.7 Å². The zero-order valence-electron chi connectivity index (χ0n) is 16.7. The molecule has 2 aromatic carbocycles. The molecule has 0 saturated carbocycles. The van der Waals surface area contributed by atoms with E-state index in [1.807, 2.05) is 39.0 Å². The number of rotatable bonds is 5. The number of aryl methyl sites for hydroxylation is 3. The van der Waals surface area contributed by atoms with Crippen LogP contribution in [0.25, 0.3) is 5.69 Å². The molecule has 0 fully saturated rings. The topological polar surface area (TPSA) is 64.0 Å². The van der Waals surface area contributed by atoms with Crippen molar-refractivity contribution in [1.29, 1.82) is 0 Å². The molecule has 150 valence electrons. The fourth-order valence-electron chi connectivity index (χ4n) is 2.74. The van der Waals surface area contributed by atoms with E-state index in [9.17, 15) is 9.59 Å². The molecule has 3 rings (SSSR count). The minimum absolute atomic E-state index is 0.147. The molecule has 1 aromatic heterocycles. The third-order valence-corrected chi connectivity index (χ3v) is 5.89. The molecule has 0 saturated heterocycles. The zero-order valence-corrected chi connectivity index (χ0v) is 18.3. The van der Waals surface area contributed by atoms with Gasteiger partial charge in [0, 0.05) is 16.8 Å². The van der Waals surface area contributed by atoms with E-state index < -0.39 is 5.25 Å². The highest BCUT2D eigenvalue weighted by Gasteiger charge is 2.17. The van der Waals surface area contributed by atoms with Crippen molar-refractivity contribution < 1.29 is 4.79 Å². The van der Waals surface area contributed by atoms with Gasteiger partial charge in [-0.1, -0.05) is 29.4 Å². The molecule has 1 heterocycles. The lowest BCUT2D eigenvalue weighted by Crippen LogP contribution is -2.24. The smallest absolute Gasteiger partial charge is 0.271 e. The van der Waals surface area contributed by atoms with Crippen LogP contribution in [-0.4, -0.2) is 20.9 Å². The van der Waals surface area contributed by atoms with Crippen molar-refractivity contribution in [2.45, 2.75) is 38.0 Å². The van der Waals surface area contributed by atoms with E-state index in [2.05, 4.69) is 10.4 Å². The number of hydrogen-bond donors (Lipinski definition) is 1. The van der Waals surface area contributed by atoms with Crippen LogP contribution >= 0.6 is 23.4 Å². The van der Waals surface area contributed by atoms with Crippen molar-refractivity contribution in [2.75, 3.05) is 5.32 Å². The van der Waals surface area contributed by atoms with E-state index in [0.717, 1.165) is 22.4 Å². The first kappa shape index (κ1) is 21.1. The van der Waals surface area contributed by atoms with Gasteiger partial charge in [0.2, 0.25) is 5.91 Å². The third-order valence-electron chi connectivity index (χ3n) is 4.62. The summed E-state index contributed by atoms with van der Waals surface area (Å²) in [5.74, 6) is -0.147. The lowest BCUT2D eigenvalue weighted by Gasteiger charge is -2.14. The first-order chi connectivity index (χ1) is 13.7. The zero-order chi connectivity index (χ0) is 21.1. The number of hydrogen-bond acceptors (Lipinski definition) is 4. The molecule has 3 aromatic rings. The van der Waals surface area contributed by atoms with Crippen LogP contribution in [0.4, 0.5) is 5.69 Å². The summed E-state index contributed by atoms with van der Waals surface area (Å²) in [5.41, 5.74) is 4.33. The van der Waals surface area contributed by atoms with Gasteiger partial charge in [-0.3, -0.25) is 9.59 Å². The number of aromatic nitrogens is 2. The normalized spacial score (nSPS) is 11.9. The molecular weight excluding hydrogens is 406 g/mol. The molecule has 0 aliphatic rings. The summed E-state index contributed by atoms with van der Waals surface area (Å²) in [6.07, 6.45) is 0. The van der Waals surface area contributed by atoms with Crippen molar-refractivity contribution in [3.63, 3.8) is 0 Å². The molecule has 1 N–H and O–H groups in total. The highest BCUT2D eigenvalue weighted by atomic mass is 35.5. The fraction of sp³-hybridized carbons (Fsp3) is 0.227.